The van der Waals surface area contributed by atoms with E-state index in [1.807, 2.05) is 0 Å². The summed E-state index contributed by atoms with van der Waals surface area (Å²) in [6, 6.07) is 4.87. The fourth-order valence-corrected chi connectivity index (χ4v) is 5.37. The second-order valence-corrected chi connectivity index (χ2v) is 7.71. The molecule has 4 nitrogen and oxygen atoms in total. The first-order chi connectivity index (χ1) is 8.90. The van der Waals surface area contributed by atoms with E-state index in [1.165, 1.54) is 0 Å². The first kappa shape index (κ1) is 15.3. The van der Waals surface area contributed by atoms with Crippen molar-refractivity contribution in [1.82, 2.24) is 4.72 Å². The largest absolute Gasteiger partial charge is 0.328 e. The highest BCUT2D eigenvalue weighted by Crippen LogP contribution is 2.30. The van der Waals surface area contributed by atoms with Gasteiger partial charge >= 0.3 is 0 Å². The van der Waals surface area contributed by atoms with Gasteiger partial charge in [-0.15, -0.1) is 0 Å². The Kier molecular flexibility index (Phi) is 4.89. The Labute approximate surface area is 126 Å². The fourth-order valence-electron chi connectivity index (χ4n) is 2.35. The third-order valence-corrected chi connectivity index (χ3v) is 6.20. The standard InChI is InChI=1S/C12H16BrClN2O2S/c13-10-5-2-6-11(14)12(10)19(17,18)16-9-4-1-3-8(15)7-9/h2,5-6,8-9,16H,1,3-4,7,15H2. The smallest absolute Gasteiger partial charge is 0.243 e. The monoisotopic (exact) mass is 366 g/mol. The quantitative estimate of drug-likeness (QED) is 0.862. The van der Waals surface area contributed by atoms with E-state index < -0.39 is 10.0 Å². The molecule has 1 saturated carbocycles. The molecule has 1 aromatic rings. The Balaban J connectivity index is 2.23. The molecule has 1 aliphatic carbocycles. The summed E-state index contributed by atoms with van der Waals surface area (Å²) in [4.78, 5) is 0.0933. The molecular weight excluding hydrogens is 352 g/mol. The van der Waals surface area contributed by atoms with Crippen LogP contribution in [-0.4, -0.2) is 20.5 Å². The lowest BCUT2D eigenvalue weighted by atomic mass is 9.92. The molecule has 0 amide bonds. The topological polar surface area (TPSA) is 72.2 Å². The molecule has 0 heterocycles. The van der Waals surface area contributed by atoms with Gasteiger partial charge in [-0.2, -0.15) is 0 Å². The summed E-state index contributed by atoms with van der Waals surface area (Å²) in [6.45, 7) is 0. The minimum absolute atomic E-state index is 0.0659. The van der Waals surface area contributed by atoms with Crippen molar-refractivity contribution in [3.05, 3.63) is 27.7 Å². The summed E-state index contributed by atoms with van der Waals surface area (Å²) in [5, 5.41) is 0.210. The summed E-state index contributed by atoms with van der Waals surface area (Å²) >= 11 is 9.22. The summed E-state index contributed by atoms with van der Waals surface area (Å²) in [6.07, 6.45) is 3.38. The van der Waals surface area contributed by atoms with Crippen LogP contribution in [0, 0.1) is 0 Å². The van der Waals surface area contributed by atoms with Gasteiger partial charge in [0.05, 0.1) is 5.02 Å². The number of nitrogens with one attached hydrogen (secondary N) is 1. The Morgan fingerprint density at radius 2 is 2.11 bits per heavy atom. The first-order valence-electron chi connectivity index (χ1n) is 6.12. The van der Waals surface area contributed by atoms with Crippen LogP contribution in [0.4, 0.5) is 0 Å². The average molecular weight is 368 g/mol. The van der Waals surface area contributed by atoms with Gasteiger partial charge in [-0.25, -0.2) is 13.1 Å². The van der Waals surface area contributed by atoms with E-state index in [4.69, 9.17) is 17.3 Å². The molecule has 19 heavy (non-hydrogen) atoms. The van der Waals surface area contributed by atoms with Crippen molar-refractivity contribution in [3.8, 4) is 0 Å². The van der Waals surface area contributed by atoms with Crippen molar-refractivity contribution >= 4 is 37.6 Å². The van der Waals surface area contributed by atoms with Crippen LogP contribution in [0.5, 0.6) is 0 Å². The van der Waals surface area contributed by atoms with E-state index >= 15 is 0 Å². The second-order valence-electron chi connectivity index (χ2n) is 4.80. The van der Waals surface area contributed by atoms with Gasteiger partial charge in [0.25, 0.3) is 0 Å². The minimum atomic E-state index is -3.63. The molecule has 0 bridgehead atoms. The van der Waals surface area contributed by atoms with Crippen LogP contribution in [0.15, 0.2) is 27.6 Å². The molecule has 0 aliphatic heterocycles. The number of halogens is 2. The Morgan fingerprint density at radius 1 is 1.37 bits per heavy atom. The zero-order valence-corrected chi connectivity index (χ0v) is 13.4. The Hall–Kier alpha value is -0.140. The van der Waals surface area contributed by atoms with Crippen molar-refractivity contribution in [1.29, 1.82) is 0 Å². The van der Waals surface area contributed by atoms with Crippen molar-refractivity contribution in [2.45, 2.75) is 42.7 Å². The highest BCUT2D eigenvalue weighted by Gasteiger charge is 2.27. The summed E-state index contributed by atoms with van der Waals surface area (Å²) in [5.74, 6) is 0. The van der Waals surface area contributed by atoms with Gasteiger partial charge in [0.1, 0.15) is 4.90 Å². The maximum absolute atomic E-state index is 12.4. The zero-order valence-electron chi connectivity index (χ0n) is 10.3. The molecule has 2 unspecified atom stereocenters. The van der Waals surface area contributed by atoms with Crippen molar-refractivity contribution in [2.24, 2.45) is 5.73 Å². The summed E-state index contributed by atoms with van der Waals surface area (Å²) in [7, 11) is -3.63. The van der Waals surface area contributed by atoms with Crippen LogP contribution in [0.2, 0.25) is 5.02 Å². The van der Waals surface area contributed by atoms with Gasteiger partial charge in [-0.05, 0) is 47.3 Å². The van der Waals surface area contributed by atoms with E-state index in [0.29, 0.717) is 10.9 Å². The van der Waals surface area contributed by atoms with Crippen molar-refractivity contribution in [3.63, 3.8) is 0 Å². The van der Waals surface area contributed by atoms with Crippen LogP contribution >= 0.6 is 27.5 Å². The number of nitrogens with two attached hydrogens (primary N) is 1. The highest BCUT2D eigenvalue weighted by molar-refractivity contribution is 9.10. The lowest BCUT2D eigenvalue weighted by molar-refractivity contribution is 0.371. The SMILES string of the molecule is NC1CCCC(NS(=O)(=O)c2c(Cl)cccc2Br)C1. The second kappa shape index (κ2) is 6.10. The molecule has 0 saturated heterocycles. The molecular formula is C12H16BrClN2O2S. The lowest BCUT2D eigenvalue weighted by Gasteiger charge is -2.27. The number of rotatable bonds is 3. The molecule has 1 fully saturated rings. The minimum Gasteiger partial charge on any atom is -0.328 e. The van der Waals surface area contributed by atoms with Crippen LogP contribution in [0.1, 0.15) is 25.7 Å². The molecule has 1 aromatic carbocycles. The normalized spacial score (nSPS) is 24.4. The molecule has 0 spiro atoms. The molecule has 2 rings (SSSR count). The molecule has 3 N–H and O–H groups in total. The Morgan fingerprint density at radius 3 is 2.74 bits per heavy atom. The van der Waals surface area contributed by atoms with Crippen molar-refractivity contribution < 1.29 is 8.42 Å². The number of hydrogen-bond acceptors (Lipinski definition) is 3. The summed E-state index contributed by atoms with van der Waals surface area (Å²) in [5.41, 5.74) is 5.87. The average Bonchev–Trinajstić information content (AvgIpc) is 2.27. The van der Waals surface area contributed by atoms with E-state index in [1.54, 1.807) is 18.2 Å². The van der Waals surface area contributed by atoms with Crippen molar-refractivity contribution in [2.75, 3.05) is 0 Å². The molecule has 7 heteroatoms. The predicted molar refractivity (Wildman–Crippen MR) is 79.7 cm³/mol. The van der Waals surface area contributed by atoms with Gasteiger partial charge < -0.3 is 5.73 Å². The Bertz CT molecular complexity index is 545. The van der Waals surface area contributed by atoms with Gasteiger partial charge in [-0.1, -0.05) is 24.1 Å². The third-order valence-electron chi connectivity index (χ3n) is 3.22. The highest BCUT2D eigenvalue weighted by atomic mass is 79.9. The number of sulfonamides is 1. The van der Waals surface area contributed by atoms with Crippen LogP contribution in [-0.2, 0) is 10.0 Å². The van der Waals surface area contributed by atoms with E-state index in [-0.39, 0.29) is 22.0 Å². The number of benzene rings is 1. The molecule has 0 aromatic heterocycles. The third kappa shape index (κ3) is 3.70. The van der Waals surface area contributed by atoms with Crippen LogP contribution in [0.3, 0.4) is 0 Å². The zero-order chi connectivity index (χ0) is 14.0. The van der Waals surface area contributed by atoms with Crippen LogP contribution < -0.4 is 10.5 Å². The number of hydrogen-bond donors (Lipinski definition) is 2. The van der Waals surface area contributed by atoms with Gasteiger partial charge in [0.15, 0.2) is 0 Å². The maximum atomic E-state index is 12.4. The maximum Gasteiger partial charge on any atom is 0.243 e. The van der Waals surface area contributed by atoms with E-state index in [2.05, 4.69) is 20.7 Å². The van der Waals surface area contributed by atoms with E-state index in [9.17, 15) is 8.42 Å². The fraction of sp³-hybridized carbons (Fsp3) is 0.500. The predicted octanol–water partition coefficient (Wildman–Crippen LogP) is 2.65. The molecule has 0 radical (unpaired) electrons. The lowest BCUT2D eigenvalue weighted by Crippen LogP contribution is -2.42. The molecule has 106 valence electrons. The van der Waals surface area contributed by atoms with Gasteiger partial charge in [0.2, 0.25) is 10.0 Å². The molecule has 1 aliphatic rings. The first-order valence-corrected chi connectivity index (χ1v) is 8.77. The molecule has 2 atom stereocenters. The van der Waals surface area contributed by atoms with E-state index in [0.717, 1.165) is 19.3 Å². The van der Waals surface area contributed by atoms with Gasteiger partial charge in [-0.3, -0.25) is 0 Å². The van der Waals surface area contributed by atoms with Crippen LogP contribution in [0.25, 0.3) is 0 Å². The summed E-state index contributed by atoms with van der Waals surface area (Å²) < 4.78 is 27.9. The van der Waals surface area contributed by atoms with Gasteiger partial charge in [0, 0.05) is 16.6 Å².